The van der Waals surface area contributed by atoms with E-state index in [1.54, 1.807) is 16.7 Å². The molecule has 0 unspecified atom stereocenters. The van der Waals surface area contributed by atoms with E-state index in [1.165, 1.54) is 21.3 Å². The highest BCUT2D eigenvalue weighted by Gasteiger charge is 2.21. The lowest BCUT2D eigenvalue weighted by molar-refractivity contribution is -0.116. The summed E-state index contributed by atoms with van der Waals surface area (Å²) in [5.41, 5.74) is 8.01. The number of anilines is 2. The lowest BCUT2D eigenvalue weighted by atomic mass is 10.2. The van der Waals surface area contributed by atoms with E-state index in [9.17, 15) is 4.79 Å². The number of para-hydroxylation sites is 2. The highest BCUT2D eigenvalue weighted by Crippen LogP contribution is 2.40. The third-order valence-electron chi connectivity index (χ3n) is 4.63. The Kier molecular flexibility index (Phi) is 5.31. The molecule has 31 heavy (non-hydrogen) atoms. The molecule has 0 saturated carbocycles. The number of amides is 1. The Balaban J connectivity index is 1.68. The smallest absolute Gasteiger partial charge is 0.244 e. The van der Waals surface area contributed by atoms with Crippen molar-refractivity contribution in [1.82, 2.24) is 19.9 Å². The lowest BCUT2D eigenvalue weighted by Gasteiger charge is -2.15. The Morgan fingerprint density at radius 1 is 1.10 bits per heavy atom. The number of nitrogen functional groups attached to an aromatic ring is 1. The van der Waals surface area contributed by atoms with Crippen molar-refractivity contribution in [3.05, 3.63) is 36.4 Å². The first-order chi connectivity index (χ1) is 15.0. The molecule has 0 bridgehead atoms. The Bertz CT molecular complexity index is 1220. The van der Waals surface area contributed by atoms with E-state index in [1.807, 2.05) is 24.3 Å². The number of nitrogens with zero attached hydrogens (tertiary/aromatic N) is 4. The van der Waals surface area contributed by atoms with Crippen molar-refractivity contribution in [1.29, 1.82) is 0 Å². The summed E-state index contributed by atoms with van der Waals surface area (Å²) < 4.78 is 22.4. The fraction of sp³-hybridized carbons (Fsp3) is 0.200. The highest BCUT2D eigenvalue weighted by atomic mass is 16.6. The van der Waals surface area contributed by atoms with Gasteiger partial charge in [-0.15, -0.1) is 0 Å². The molecule has 160 valence electrons. The van der Waals surface area contributed by atoms with Gasteiger partial charge in [0.2, 0.25) is 11.7 Å². The van der Waals surface area contributed by atoms with Crippen LogP contribution in [0.1, 0.15) is 0 Å². The van der Waals surface area contributed by atoms with E-state index < -0.39 is 0 Å². The van der Waals surface area contributed by atoms with Gasteiger partial charge < -0.3 is 29.8 Å². The Labute approximate surface area is 176 Å². The number of nitrogens with one attached hydrogen (secondary N) is 1. The molecule has 0 saturated heterocycles. The number of imidazole rings is 1. The molecular weight excluding hydrogens is 404 g/mol. The lowest BCUT2D eigenvalue weighted by Crippen LogP contribution is -2.19. The Morgan fingerprint density at radius 2 is 1.81 bits per heavy atom. The van der Waals surface area contributed by atoms with Gasteiger partial charge in [0.25, 0.3) is 0 Å². The van der Waals surface area contributed by atoms with Gasteiger partial charge in [0.1, 0.15) is 6.54 Å². The average Bonchev–Trinajstić information content (AvgIpc) is 3.36. The molecule has 0 spiro atoms. The van der Waals surface area contributed by atoms with Crippen molar-refractivity contribution in [3.63, 3.8) is 0 Å². The summed E-state index contributed by atoms with van der Waals surface area (Å²) in [6, 6.07) is 10.7. The van der Waals surface area contributed by atoms with Crippen LogP contribution in [0.4, 0.5) is 11.5 Å². The van der Waals surface area contributed by atoms with E-state index in [0.29, 0.717) is 34.3 Å². The van der Waals surface area contributed by atoms with Crippen molar-refractivity contribution in [3.8, 4) is 28.8 Å². The molecule has 11 heteroatoms. The van der Waals surface area contributed by atoms with E-state index in [0.717, 1.165) is 5.52 Å². The van der Waals surface area contributed by atoms with E-state index >= 15 is 0 Å². The van der Waals surface area contributed by atoms with Gasteiger partial charge >= 0.3 is 0 Å². The molecular formula is C20H20N6O5. The van der Waals surface area contributed by atoms with Crippen LogP contribution in [0.15, 0.2) is 41.0 Å². The number of aromatic nitrogens is 4. The van der Waals surface area contributed by atoms with Gasteiger partial charge in [-0.1, -0.05) is 12.1 Å². The summed E-state index contributed by atoms with van der Waals surface area (Å²) in [4.78, 5) is 17.5. The van der Waals surface area contributed by atoms with Crippen LogP contribution >= 0.6 is 0 Å². The maximum atomic E-state index is 12.9. The minimum Gasteiger partial charge on any atom is -0.493 e. The summed E-state index contributed by atoms with van der Waals surface area (Å²) in [7, 11) is 4.51. The molecule has 11 nitrogen and oxygen atoms in total. The molecule has 0 aliphatic rings. The number of rotatable bonds is 7. The molecule has 4 aromatic rings. The van der Waals surface area contributed by atoms with Gasteiger partial charge in [-0.25, -0.2) is 9.61 Å². The molecule has 0 aliphatic heterocycles. The topological polar surface area (TPSA) is 140 Å². The van der Waals surface area contributed by atoms with Crippen LogP contribution < -0.4 is 25.3 Å². The summed E-state index contributed by atoms with van der Waals surface area (Å²) in [6.45, 7) is -0.0567. The minimum atomic E-state index is -0.311. The summed E-state index contributed by atoms with van der Waals surface area (Å²) in [5.74, 6) is 1.43. The van der Waals surface area contributed by atoms with Crippen molar-refractivity contribution in [2.45, 2.75) is 6.54 Å². The van der Waals surface area contributed by atoms with Crippen molar-refractivity contribution >= 4 is 28.4 Å². The van der Waals surface area contributed by atoms with Gasteiger partial charge in [-0.3, -0.25) is 4.79 Å². The van der Waals surface area contributed by atoms with Gasteiger partial charge in [-0.05, 0) is 22.4 Å². The molecule has 1 amide bonds. The first-order valence-corrected chi connectivity index (χ1v) is 9.19. The summed E-state index contributed by atoms with van der Waals surface area (Å²) in [6.07, 6.45) is 0. The van der Waals surface area contributed by atoms with Crippen LogP contribution in [-0.2, 0) is 11.3 Å². The Morgan fingerprint density at radius 3 is 2.42 bits per heavy atom. The third kappa shape index (κ3) is 3.68. The van der Waals surface area contributed by atoms with Crippen molar-refractivity contribution < 1.29 is 23.6 Å². The maximum absolute atomic E-state index is 12.9. The van der Waals surface area contributed by atoms with Gasteiger partial charge in [0, 0.05) is 17.8 Å². The van der Waals surface area contributed by atoms with Crippen LogP contribution in [0, 0.1) is 0 Å². The number of carbonyl (C=O) groups excluding carboxylic acids is 1. The number of nitrogens with two attached hydrogens (primary N) is 1. The zero-order chi connectivity index (χ0) is 22.0. The molecule has 4 rings (SSSR count). The fourth-order valence-corrected chi connectivity index (χ4v) is 3.26. The summed E-state index contributed by atoms with van der Waals surface area (Å²) in [5, 5.41) is 10.3. The molecule has 2 heterocycles. The van der Waals surface area contributed by atoms with Crippen LogP contribution in [0.3, 0.4) is 0 Å². The maximum Gasteiger partial charge on any atom is 0.244 e. The molecule has 0 radical (unpaired) electrons. The zero-order valence-electron chi connectivity index (χ0n) is 17.1. The van der Waals surface area contributed by atoms with E-state index in [4.69, 9.17) is 24.6 Å². The minimum absolute atomic E-state index is 0.0567. The molecule has 0 fully saturated rings. The molecule has 3 N–H and O–H groups in total. The third-order valence-corrected chi connectivity index (χ3v) is 4.63. The number of methoxy groups -OCH3 is 3. The average molecular weight is 424 g/mol. The SMILES string of the molecule is COc1cc(NC(=O)Cn2c(-c3nonc3N)nc3ccccc32)cc(OC)c1OC. The number of carbonyl (C=O) groups is 1. The van der Waals surface area contributed by atoms with Crippen LogP contribution in [-0.4, -0.2) is 47.1 Å². The van der Waals surface area contributed by atoms with E-state index in [-0.39, 0.29) is 24.0 Å². The molecule has 2 aromatic carbocycles. The van der Waals surface area contributed by atoms with Crippen LogP contribution in [0.25, 0.3) is 22.6 Å². The van der Waals surface area contributed by atoms with E-state index in [2.05, 4.69) is 20.6 Å². The second kappa shape index (κ2) is 8.22. The molecule has 2 aromatic heterocycles. The quantitative estimate of drug-likeness (QED) is 0.457. The predicted molar refractivity (Wildman–Crippen MR) is 112 cm³/mol. The number of ether oxygens (including phenoxy) is 3. The second-order valence-electron chi connectivity index (χ2n) is 6.47. The fourth-order valence-electron chi connectivity index (χ4n) is 3.26. The number of hydrogen-bond donors (Lipinski definition) is 2. The van der Waals surface area contributed by atoms with Crippen LogP contribution in [0.5, 0.6) is 17.2 Å². The number of hydrogen-bond acceptors (Lipinski definition) is 9. The Hall–Kier alpha value is -4.28. The second-order valence-corrected chi connectivity index (χ2v) is 6.47. The number of fused-ring (bicyclic) bond motifs is 1. The number of benzene rings is 2. The van der Waals surface area contributed by atoms with Gasteiger partial charge in [0.15, 0.2) is 28.8 Å². The standard InChI is InChI=1S/C20H20N6O5/c1-28-14-8-11(9-15(29-2)18(14)30-3)22-16(27)10-26-13-7-5-4-6-12(13)23-20(26)17-19(21)25-31-24-17/h4-9H,10H2,1-3H3,(H2,21,25)(H,22,27). The first kappa shape index (κ1) is 20.0. The van der Waals surface area contributed by atoms with Crippen LogP contribution in [0.2, 0.25) is 0 Å². The van der Waals surface area contributed by atoms with Gasteiger partial charge in [0.05, 0.1) is 32.4 Å². The normalized spacial score (nSPS) is 10.8. The highest BCUT2D eigenvalue weighted by molar-refractivity contribution is 5.93. The molecule has 0 atom stereocenters. The van der Waals surface area contributed by atoms with Crippen molar-refractivity contribution in [2.75, 3.05) is 32.4 Å². The predicted octanol–water partition coefficient (Wildman–Crippen LogP) is 2.33. The monoisotopic (exact) mass is 424 g/mol. The van der Waals surface area contributed by atoms with Crippen molar-refractivity contribution in [2.24, 2.45) is 0 Å². The first-order valence-electron chi connectivity index (χ1n) is 9.19. The van der Waals surface area contributed by atoms with Gasteiger partial charge in [-0.2, -0.15) is 0 Å². The zero-order valence-corrected chi connectivity index (χ0v) is 17.1. The largest absolute Gasteiger partial charge is 0.493 e. The summed E-state index contributed by atoms with van der Waals surface area (Å²) >= 11 is 0. The molecule has 0 aliphatic carbocycles.